The number of Topliss-reactive ketones (excluding diaryl/α,β-unsaturated/α-hetero) is 1. The summed E-state index contributed by atoms with van der Waals surface area (Å²) in [5.41, 5.74) is 1.67. The van der Waals surface area contributed by atoms with Crippen LogP contribution in [0, 0.1) is 5.95 Å². The lowest BCUT2D eigenvalue weighted by molar-refractivity contribution is 0.101. The Morgan fingerprint density at radius 2 is 2.11 bits per heavy atom. The number of rotatable bonds is 3. The van der Waals surface area contributed by atoms with Crippen LogP contribution in [-0.2, 0) is 0 Å². The van der Waals surface area contributed by atoms with Crippen molar-refractivity contribution in [1.29, 1.82) is 0 Å². The summed E-state index contributed by atoms with van der Waals surface area (Å²) in [7, 11) is 0. The van der Waals surface area contributed by atoms with Gasteiger partial charge in [0.25, 0.3) is 0 Å². The molecule has 0 aliphatic heterocycles. The van der Waals surface area contributed by atoms with Crippen molar-refractivity contribution in [2.75, 3.05) is 0 Å². The lowest BCUT2D eigenvalue weighted by Crippen LogP contribution is -2.05. The van der Waals surface area contributed by atoms with E-state index < -0.39 is 0 Å². The molecule has 2 rings (SSSR count). The van der Waals surface area contributed by atoms with Gasteiger partial charge < -0.3 is 0 Å². The number of halogens is 1. The van der Waals surface area contributed by atoms with Gasteiger partial charge in [-0.2, -0.15) is 9.49 Å². The van der Waals surface area contributed by atoms with E-state index in [1.807, 2.05) is 13.8 Å². The van der Waals surface area contributed by atoms with Crippen LogP contribution in [0.2, 0.25) is 0 Å². The minimum absolute atomic E-state index is 0.0326. The van der Waals surface area contributed by atoms with Crippen LogP contribution >= 0.6 is 0 Å². The van der Waals surface area contributed by atoms with Crippen molar-refractivity contribution in [3.63, 3.8) is 0 Å². The standard InChI is InChI=1S/C14H15FN2O/c1-9(2)17-14(15)13(8-16-17)12-6-4-5-11(7-12)10(3)18/h4-9H,1-3H3. The number of nitrogens with zero attached hydrogens (tertiary/aromatic N) is 2. The van der Waals surface area contributed by atoms with Crippen LogP contribution in [-0.4, -0.2) is 15.6 Å². The number of carbonyl (C=O) groups excluding carboxylic acids is 1. The normalized spacial score (nSPS) is 10.9. The third kappa shape index (κ3) is 2.18. The third-order valence-electron chi connectivity index (χ3n) is 2.80. The fourth-order valence-electron chi connectivity index (χ4n) is 1.81. The van der Waals surface area contributed by atoms with Gasteiger partial charge in [0.15, 0.2) is 5.78 Å². The molecule has 18 heavy (non-hydrogen) atoms. The molecular formula is C14H15FN2O. The molecule has 0 unspecified atom stereocenters. The molecule has 0 atom stereocenters. The molecule has 0 spiro atoms. The van der Waals surface area contributed by atoms with Gasteiger partial charge in [0.2, 0.25) is 5.95 Å². The third-order valence-corrected chi connectivity index (χ3v) is 2.80. The Balaban J connectivity index is 2.49. The lowest BCUT2D eigenvalue weighted by Gasteiger charge is -2.06. The van der Waals surface area contributed by atoms with Crippen LogP contribution < -0.4 is 0 Å². The summed E-state index contributed by atoms with van der Waals surface area (Å²) in [6.45, 7) is 5.23. The molecule has 1 heterocycles. The number of aromatic nitrogens is 2. The molecule has 94 valence electrons. The van der Waals surface area contributed by atoms with Gasteiger partial charge in [-0.15, -0.1) is 0 Å². The zero-order valence-corrected chi connectivity index (χ0v) is 10.6. The van der Waals surface area contributed by atoms with E-state index in [-0.39, 0.29) is 17.8 Å². The first-order valence-electron chi connectivity index (χ1n) is 5.85. The van der Waals surface area contributed by atoms with E-state index in [0.717, 1.165) is 0 Å². The molecule has 1 aromatic carbocycles. The average molecular weight is 246 g/mol. The van der Waals surface area contributed by atoms with Crippen LogP contribution in [0.4, 0.5) is 4.39 Å². The number of hydrogen-bond donors (Lipinski definition) is 0. The zero-order chi connectivity index (χ0) is 13.3. The predicted octanol–water partition coefficient (Wildman–Crippen LogP) is 3.47. The van der Waals surface area contributed by atoms with Gasteiger partial charge in [0.1, 0.15) is 0 Å². The highest BCUT2D eigenvalue weighted by Crippen LogP contribution is 2.25. The summed E-state index contributed by atoms with van der Waals surface area (Å²) in [5, 5.41) is 4.02. The van der Waals surface area contributed by atoms with Gasteiger partial charge in [-0.3, -0.25) is 4.79 Å². The van der Waals surface area contributed by atoms with Crippen molar-refractivity contribution in [2.24, 2.45) is 0 Å². The van der Waals surface area contributed by atoms with Gasteiger partial charge in [-0.25, -0.2) is 4.68 Å². The Bertz CT molecular complexity index is 587. The lowest BCUT2D eigenvalue weighted by atomic mass is 10.0. The molecule has 0 radical (unpaired) electrons. The van der Waals surface area contributed by atoms with Crippen molar-refractivity contribution in [2.45, 2.75) is 26.8 Å². The van der Waals surface area contributed by atoms with Crippen molar-refractivity contribution in [3.05, 3.63) is 42.0 Å². The van der Waals surface area contributed by atoms with E-state index >= 15 is 0 Å². The van der Waals surface area contributed by atoms with Gasteiger partial charge >= 0.3 is 0 Å². The van der Waals surface area contributed by atoms with Gasteiger partial charge in [-0.1, -0.05) is 18.2 Å². The van der Waals surface area contributed by atoms with E-state index in [1.165, 1.54) is 17.8 Å². The van der Waals surface area contributed by atoms with E-state index in [4.69, 9.17) is 0 Å². The van der Waals surface area contributed by atoms with Crippen LogP contribution in [0.5, 0.6) is 0 Å². The zero-order valence-electron chi connectivity index (χ0n) is 10.6. The van der Waals surface area contributed by atoms with Gasteiger partial charge in [0, 0.05) is 11.6 Å². The van der Waals surface area contributed by atoms with E-state index in [0.29, 0.717) is 16.7 Å². The summed E-state index contributed by atoms with van der Waals surface area (Å²) in [5.74, 6) is -0.404. The Morgan fingerprint density at radius 1 is 1.39 bits per heavy atom. The monoisotopic (exact) mass is 246 g/mol. The van der Waals surface area contributed by atoms with Gasteiger partial charge in [-0.05, 0) is 32.4 Å². The highest BCUT2D eigenvalue weighted by molar-refractivity contribution is 5.95. The smallest absolute Gasteiger partial charge is 0.219 e. The molecule has 0 saturated heterocycles. The van der Waals surface area contributed by atoms with E-state index in [1.54, 1.807) is 24.3 Å². The molecule has 3 nitrogen and oxygen atoms in total. The maximum absolute atomic E-state index is 14.1. The van der Waals surface area contributed by atoms with Crippen LogP contribution in [0.25, 0.3) is 11.1 Å². The maximum atomic E-state index is 14.1. The van der Waals surface area contributed by atoms with Crippen molar-refractivity contribution in [1.82, 2.24) is 9.78 Å². The fourth-order valence-corrected chi connectivity index (χ4v) is 1.81. The summed E-state index contributed by atoms with van der Waals surface area (Å²) < 4.78 is 15.4. The van der Waals surface area contributed by atoms with Crippen LogP contribution in [0.1, 0.15) is 37.2 Å². The van der Waals surface area contributed by atoms with E-state index in [9.17, 15) is 9.18 Å². The SMILES string of the molecule is CC(=O)c1cccc(-c2cnn(C(C)C)c2F)c1. The average Bonchev–Trinajstić information content (AvgIpc) is 2.71. The molecule has 4 heteroatoms. The Hall–Kier alpha value is -1.97. The van der Waals surface area contributed by atoms with Crippen LogP contribution in [0.15, 0.2) is 30.5 Å². The maximum Gasteiger partial charge on any atom is 0.219 e. The van der Waals surface area contributed by atoms with Crippen molar-refractivity contribution < 1.29 is 9.18 Å². The molecular weight excluding hydrogens is 231 g/mol. The largest absolute Gasteiger partial charge is 0.295 e. The first kappa shape index (κ1) is 12.5. The molecule has 0 amide bonds. The number of ketones is 1. The molecule has 0 saturated carbocycles. The van der Waals surface area contributed by atoms with E-state index in [2.05, 4.69) is 5.10 Å². The first-order valence-corrected chi connectivity index (χ1v) is 5.85. The van der Waals surface area contributed by atoms with Crippen molar-refractivity contribution in [3.8, 4) is 11.1 Å². The number of carbonyl (C=O) groups is 1. The van der Waals surface area contributed by atoms with Crippen LogP contribution in [0.3, 0.4) is 0 Å². The molecule has 2 aromatic rings. The second-order valence-corrected chi connectivity index (χ2v) is 4.52. The summed E-state index contributed by atoms with van der Waals surface area (Å²) in [4.78, 5) is 11.3. The summed E-state index contributed by atoms with van der Waals surface area (Å²) in [6.07, 6.45) is 1.49. The Labute approximate surface area is 105 Å². The predicted molar refractivity (Wildman–Crippen MR) is 68.0 cm³/mol. The highest BCUT2D eigenvalue weighted by Gasteiger charge is 2.14. The number of benzene rings is 1. The molecule has 0 bridgehead atoms. The second-order valence-electron chi connectivity index (χ2n) is 4.52. The minimum Gasteiger partial charge on any atom is -0.295 e. The van der Waals surface area contributed by atoms with Gasteiger partial charge in [0.05, 0.1) is 11.8 Å². The number of hydrogen-bond acceptors (Lipinski definition) is 2. The Morgan fingerprint density at radius 3 is 2.67 bits per heavy atom. The Kier molecular flexibility index (Phi) is 3.28. The summed E-state index contributed by atoms with van der Waals surface area (Å²) >= 11 is 0. The molecule has 0 fully saturated rings. The topological polar surface area (TPSA) is 34.9 Å². The second kappa shape index (κ2) is 4.72. The van der Waals surface area contributed by atoms with Crippen molar-refractivity contribution >= 4 is 5.78 Å². The summed E-state index contributed by atoms with van der Waals surface area (Å²) in [6, 6.07) is 6.90. The first-order chi connectivity index (χ1) is 8.50. The minimum atomic E-state index is -0.370. The molecule has 1 aromatic heterocycles. The molecule has 0 aliphatic rings. The molecule has 0 aliphatic carbocycles. The highest BCUT2D eigenvalue weighted by atomic mass is 19.1. The quantitative estimate of drug-likeness (QED) is 0.777. The molecule has 0 N–H and O–H groups in total. The fraction of sp³-hybridized carbons (Fsp3) is 0.286.